The van der Waals surface area contributed by atoms with E-state index in [0.717, 1.165) is 4.73 Å². The van der Waals surface area contributed by atoms with Gasteiger partial charge in [0.1, 0.15) is 7.11 Å². The first-order valence-corrected chi connectivity index (χ1v) is 5.07. The van der Waals surface area contributed by atoms with Gasteiger partial charge in [-0.15, -0.1) is 4.73 Å². The summed E-state index contributed by atoms with van der Waals surface area (Å²) < 4.78 is 32.6. The van der Waals surface area contributed by atoms with Crippen LogP contribution in [0.3, 0.4) is 0 Å². The molecule has 3 rings (SSSR count). The van der Waals surface area contributed by atoms with Crippen LogP contribution in [0.25, 0.3) is 21.7 Å². The fraction of sp³-hybridized carbons (Fsp3) is 0.0714. The molecule has 17 heavy (non-hydrogen) atoms. The molecule has 3 heteroatoms. The highest BCUT2D eigenvalue weighted by Crippen LogP contribution is 2.21. The zero-order valence-electron chi connectivity index (χ0n) is 13.1. The quantitative estimate of drug-likeness (QED) is 0.599. The van der Waals surface area contributed by atoms with Crippen molar-refractivity contribution in [2.24, 2.45) is 0 Å². The van der Waals surface area contributed by atoms with Crippen molar-refractivity contribution in [1.82, 2.24) is 4.73 Å². The van der Waals surface area contributed by atoms with Crippen molar-refractivity contribution in [1.29, 1.82) is 0 Å². The van der Waals surface area contributed by atoms with Crippen LogP contribution < -0.4 is 10.4 Å². The van der Waals surface area contributed by atoms with Crippen LogP contribution in [0.4, 0.5) is 0 Å². The minimum absolute atomic E-state index is 0.0483. The second-order valence-corrected chi connectivity index (χ2v) is 3.55. The number of hydrogen-bond acceptors (Lipinski definition) is 2. The summed E-state index contributed by atoms with van der Waals surface area (Å²) in [6.45, 7) is 0. The molecule has 0 unspecified atom stereocenters. The Hall–Kier alpha value is -2.29. The van der Waals surface area contributed by atoms with Crippen molar-refractivity contribution in [3.63, 3.8) is 0 Å². The number of para-hydroxylation sites is 1. The molecule has 1 aromatic heterocycles. The Balaban J connectivity index is 2.80. The second kappa shape index (κ2) is 3.63. The number of pyridine rings is 1. The largest absolute Gasteiger partial charge is 0.413 e. The number of fused-ring (bicyclic) bond motifs is 3. The van der Waals surface area contributed by atoms with Gasteiger partial charge in [-0.2, -0.15) is 0 Å². The van der Waals surface area contributed by atoms with Gasteiger partial charge in [0.05, 0.1) is 16.4 Å². The summed E-state index contributed by atoms with van der Waals surface area (Å²) in [4.78, 5) is 17.5. The van der Waals surface area contributed by atoms with Crippen molar-refractivity contribution >= 4 is 21.7 Å². The molecule has 0 atom stereocenters. The number of rotatable bonds is 1. The maximum absolute atomic E-state index is 12.4. The van der Waals surface area contributed by atoms with Crippen LogP contribution >= 0.6 is 0 Å². The SMILES string of the molecule is [2H]c1c([2H])c([2H])c2c(c1[2H])c1ccccc1c(=O)n2OC. The lowest BCUT2D eigenvalue weighted by Crippen LogP contribution is -2.25. The molecule has 0 N–H and O–H groups in total. The van der Waals surface area contributed by atoms with Crippen LogP contribution in [0, 0.1) is 0 Å². The summed E-state index contributed by atoms with van der Waals surface area (Å²) in [5, 5.41) is 1.10. The first-order chi connectivity index (χ1) is 9.99. The van der Waals surface area contributed by atoms with E-state index in [1.165, 1.54) is 7.11 Å². The maximum Gasteiger partial charge on any atom is 0.291 e. The minimum atomic E-state index is -0.453. The van der Waals surface area contributed by atoms with Gasteiger partial charge in [0.25, 0.3) is 5.56 Å². The van der Waals surface area contributed by atoms with E-state index < -0.39 is 11.6 Å². The molecule has 3 nitrogen and oxygen atoms in total. The fourth-order valence-electron chi connectivity index (χ4n) is 1.93. The van der Waals surface area contributed by atoms with E-state index in [-0.39, 0.29) is 29.0 Å². The highest BCUT2D eigenvalue weighted by molar-refractivity contribution is 6.05. The third-order valence-corrected chi connectivity index (χ3v) is 2.66. The molecule has 2 aromatic carbocycles. The Bertz CT molecular complexity index is 949. The van der Waals surface area contributed by atoms with Gasteiger partial charge in [0.15, 0.2) is 0 Å². The zero-order chi connectivity index (χ0) is 15.3. The van der Waals surface area contributed by atoms with E-state index in [1.54, 1.807) is 24.3 Å². The van der Waals surface area contributed by atoms with Gasteiger partial charge < -0.3 is 4.84 Å². The predicted octanol–water partition coefficient (Wildman–Crippen LogP) is 2.21. The maximum atomic E-state index is 12.4. The average molecular weight is 229 g/mol. The predicted molar refractivity (Wildman–Crippen MR) is 68.2 cm³/mol. The average Bonchev–Trinajstić information content (AvgIpc) is 2.50. The van der Waals surface area contributed by atoms with Crippen molar-refractivity contribution in [2.45, 2.75) is 0 Å². The molecule has 0 aliphatic carbocycles. The number of benzene rings is 2. The second-order valence-electron chi connectivity index (χ2n) is 3.55. The smallest absolute Gasteiger partial charge is 0.291 e. The molecule has 0 aliphatic heterocycles. The van der Waals surface area contributed by atoms with Crippen LogP contribution in [0.1, 0.15) is 5.48 Å². The molecule has 0 radical (unpaired) electrons. The van der Waals surface area contributed by atoms with E-state index in [1.807, 2.05) is 0 Å². The molecule has 0 spiro atoms. The van der Waals surface area contributed by atoms with Gasteiger partial charge in [0.2, 0.25) is 0 Å². The first-order valence-electron chi connectivity index (χ1n) is 7.07. The molecule has 1 heterocycles. The lowest BCUT2D eigenvalue weighted by molar-refractivity contribution is 0.170. The molecule has 0 bridgehead atoms. The molecule has 0 amide bonds. The normalized spacial score (nSPS) is 14.2. The third kappa shape index (κ3) is 1.32. The van der Waals surface area contributed by atoms with E-state index in [4.69, 9.17) is 10.3 Å². The van der Waals surface area contributed by atoms with Gasteiger partial charge in [-0.25, -0.2) is 0 Å². The summed E-state index contributed by atoms with van der Waals surface area (Å²) in [5.41, 5.74) is -0.405. The Labute approximate surface area is 103 Å². The Morgan fingerprint density at radius 2 is 1.82 bits per heavy atom. The summed E-state index contributed by atoms with van der Waals surface area (Å²) >= 11 is 0. The summed E-state index contributed by atoms with van der Waals surface area (Å²) in [5.74, 6) is 0. The van der Waals surface area contributed by atoms with Crippen molar-refractivity contribution in [2.75, 3.05) is 7.11 Å². The molecule has 0 saturated carbocycles. The van der Waals surface area contributed by atoms with Crippen LogP contribution in [0.15, 0.2) is 53.2 Å². The van der Waals surface area contributed by atoms with Crippen molar-refractivity contribution in [3.8, 4) is 0 Å². The summed E-state index contributed by atoms with van der Waals surface area (Å²) in [6, 6.07) is 5.48. The topological polar surface area (TPSA) is 31.2 Å². The molecule has 84 valence electrons. The van der Waals surface area contributed by atoms with E-state index >= 15 is 0 Å². The molecule has 3 aromatic rings. The van der Waals surface area contributed by atoms with Gasteiger partial charge in [0, 0.05) is 5.39 Å². The molecule has 0 fully saturated rings. The monoisotopic (exact) mass is 229 g/mol. The highest BCUT2D eigenvalue weighted by atomic mass is 16.6. The van der Waals surface area contributed by atoms with Gasteiger partial charge in [-0.3, -0.25) is 4.79 Å². The van der Waals surface area contributed by atoms with Crippen LogP contribution in [-0.2, 0) is 0 Å². The number of nitrogens with zero attached hydrogens (tertiary/aromatic N) is 1. The highest BCUT2D eigenvalue weighted by Gasteiger charge is 2.09. The Kier molecular flexibility index (Phi) is 1.38. The lowest BCUT2D eigenvalue weighted by atomic mass is 10.1. The van der Waals surface area contributed by atoms with E-state index in [2.05, 4.69) is 0 Å². The standard InChI is InChI=1S/C14H11NO2/c1-17-15-13-9-5-4-7-11(13)10-6-2-3-8-12(10)14(15)16/h2-9H,1H3/i4D,5D,7D,9D. The summed E-state index contributed by atoms with van der Waals surface area (Å²) in [7, 11) is 1.29. The molecule has 0 aliphatic rings. The molecule has 0 saturated heterocycles. The first kappa shape index (κ1) is 6.45. The molecular weight excluding hydrogens is 214 g/mol. The van der Waals surface area contributed by atoms with Crippen molar-refractivity contribution in [3.05, 3.63) is 58.8 Å². The van der Waals surface area contributed by atoms with Crippen molar-refractivity contribution < 1.29 is 10.3 Å². The van der Waals surface area contributed by atoms with Crippen LogP contribution in [0.5, 0.6) is 0 Å². The van der Waals surface area contributed by atoms with Gasteiger partial charge >= 0.3 is 0 Å². The van der Waals surface area contributed by atoms with Gasteiger partial charge in [-0.1, -0.05) is 36.3 Å². The van der Waals surface area contributed by atoms with Gasteiger partial charge in [-0.05, 0) is 17.5 Å². The number of aromatic nitrogens is 1. The Morgan fingerprint density at radius 1 is 1.12 bits per heavy atom. The van der Waals surface area contributed by atoms with Crippen LogP contribution in [0.2, 0.25) is 0 Å². The van der Waals surface area contributed by atoms with E-state index in [0.29, 0.717) is 10.8 Å². The molecular formula is C14H11NO2. The fourth-order valence-corrected chi connectivity index (χ4v) is 1.93. The minimum Gasteiger partial charge on any atom is -0.413 e. The number of hydrogen-bond donors (Lipinski definition) is 0. The lowest BCUT2D eigenvalue weighted by Gasteiger charge is -2.10. The summed E-state index contributed by atoms with van der Waals surface area (Å²) in [6.07, 6.45) is 0. The van der Waals surface area contributed by atoms with Crippen LogP contribution in [-0.4, -0.2) is 11.8 Å². The zero-order valence-corrected chi connectivity index (χ0v) is 9.07. The van der Waals surface area contributed by atoms with E-state index in [9.17, 15) is 4.79 Å². The third-order valence-electron chi connectivity index (χ3n) is 2.66. The Morgan fingerprint density at radius 3 is 2.59 bits per heavy atom.